The largest absolute Gasteiger partial charge is 0.508 e. The highest BCUT2D eigenvalue weighted by atomic mass is 16.4. The number of nitrogens with zero attached hydrogens (tertiary/aromatic N) is 1. The number of hydrogen-bond acceptors (Lipinski definition) is 19. The minimum atomic E-state index is -1.85. The smallest absolute Gasteiger partial charge is 0.326 e. The molecule has 35 nitrogen and oxygen atoms in total. The topological polar surface area (TPSA) is 596 Å². The van der Waals surface area contributed by atoms with Crippen molar-refractivity contribution in [2.45, 2.75) is 212 Å². The maximum atomic E-state index is 14.5. The maximum absolute atomic E-state index is 14.5. The summed E-state index contributed by atoms with van der Waals surface area (Å²) in [6.07, 6.45) is -1.68. The van der Waals surface area contributed by atoms with Gasteiger partial charge in [0.25, 0.3) is 0 Å². The van der Waals surface area contributed by atoms with E-state index < -0.39 is 199 Å². The molecule has 24 N–H and O–H groups in total. The number of carbonyl (C=O) groups is 15. The summed E-state index contributed by atoms with van der Waals surface area (Å²) in [6, 6.07) is -12.0. The van der Waals surface area contributed by atoms with Gasteiger partial charge in [-0.2, -0.15) is 0 Å². The van der Waals surface area contributed by atoms with Gasteiger partial charge >= 0.3 is 11.9 Å². The first-order valence-corrected chi connectivity index (χ1v) is 31.9. The molecule has 97 heavy (non-hydrogen) atoms. The van der Waals surface area contributed by atoms with E-state index in [9.17, 15) is 87.2 Å². The number of aromatic hydroxyl groups is 1. The molecule has 0 spiro atoms. The molecule has 11 atom stereocenters. The highest BCUT2D eigenvalue weighted by Crippen LogP contribution is 2.16. The molecule has 540 valence electrons. The summed E-state index contributed by atoms with van der Waals surface area (Å²) in [7, 11) is 0. The van der Waals surface area contributed by atoms with E-state index in [0.717, 1.165) is 0 Å². The number of H-pyrrole nitrogens is 1. The van der Waals surface area contributed by atoms with E-state index in [1.54, 1.807) is 41.5 Å². The van der Waals surface area contributed by atoms with E-state index in [2.05, 4.69) is 63.1 Å². The number of carbonyl (C=O) groups excluding carboxylic acids is 13. The minimum Gasteiger partial charge on any atom is -0.508 e. The van der Waals surface area contributed by atoms with Crippen molar-refractivity contribution in [1.82, 2.24) is 63.1 Å². The summed E-state index contributed by atoms with van der Waals surface area (Å²) in [5, 5.41) is 54.2. The van der Waals surface area contributed by atoms with Crippen LogP contribution in [0, 0.1) is 23.7 Å². The summed E-state index contributed by atoms with van der Waals surface area (Å²) < 4.78 is 0. The maximum Gasteiger partial charge on any atom is 0.326 e. The Morgan fingerprint density at radius 3 is 1.24 bits per heavy atom. The van der Waals surface area contributed by atoms with Crippen molar-refractivity contribution >= 4 is 88.7 Å². The predicted octanol–water partition coefficient (Wildman–Crippen LogP) is -4.04. The number of nitrogens with one attached hydrogen (secondary N) is 11. The van der Waals surface area contributed by atoms with Gasteiger partial charge in [0.05, 0.1) is 25.2 Å². The molecule has 1 aromatic carbocycles. The molecular weight excluding hydrogens is 1270 g/mol. The molecule has 1 aromatic heterocycles. The lowest BCUT2D eigenvalue weighted by molar-refractivity contribution is -0.143. The van der Waals surface area contributed by atoms with Crippen LogP contribution in [-0.4, -0.2) is 187 Å². The summed E-state index contributed by atoms with van der Waals surface area (Å²) >= 11 is 0. The van der Waals surface area contributed by atoms with E-state index in [0.29, 0.717) is 0 Å². The van der Waals surface area contributed by atoms with Crippen molar-refractivity contribution in [3.8, 4) is 5.75 Å². The molecule has 0 radical (unpaired) electrons. The number of nitrogens with two attached hydrogens (primary N) is 5. The Morgan fingerprint density at radius 1 is 0.454 bits per heavy atom. The summed E-state index contributed by atoms with van der Waals surface area (Å²) in [5.74, 6) is -17.7. The molecule has 13 amide bonds. The van der Waals surface area contributed by atoms with Crippen molar-refractivity contribution in [1.29, 1.82) is 0 Å². The van der Waals surface area contributed by atoms with Gasteiger partial charge in [0, 0.05) is 37.6 Å². The number of aliphatic carboxylic acids is 2. The number of aromatic amines is 1. The first kappa shape index (κ1) is 83.3. The van der Waals surface area contributed by atoms with Gasteiger partial charge in [0.2, 0.25) is 76.8 Å². The fourth-order valence-corrected chi connectivity index (χ4v) is 9.82. The Kier molecular flexibility index (Phi) is 36.0. The van der Waals surface area contributed by atoms with Crippen molar-refractivity contribution in [3.63, 3.8) is 0 Å². The van der Waals surface area contributed by atoms with Gasteiger partial charge in [-0.25, -0.2) is 9.78 Å². The molecule has 0 saturated heterocycles. The van der Waals surface area contributed by atoms with E-state index >= 15 is 0 Å². The Hall–Kier alpha value is -9.80. The van der Waals surface area contributed by atoms with E-state index in [-0.39, 0.29) is 93.2 Å². The van der Waals surface area contributed by atoms with Gasteiger partial charge in [-0.05, 0) is 99.3 Å². The van der Waals surface area contributed by atoms with Crippen LogP contribution in [0.1, 0.15) is 144 Å². The van der Waals surface area contributed by atoms with Gasteiger partial charge in [0.1, 0.15) is 66.2 Å². The second kappa shape index (κ2) is 41.9. The molecule has 0 unspecified atom stereocenters. The zero-order valence-corrected chi connectivity index (χ0v) is 56.0. The molecule has 35 heteroatoms. The zero-order chi connectivity index (χ0) is 73.4. The molecule has 0 aliphatic rings. The number of rotatable bonds is 46. The van der Waals surface area contributed by atoms with Crippen molar-refractivity contribution in [2.24, 2.45) is 52.3 Å². The van der Waals surface area contributed by atoms with Crippen molar-refractivity contribution in [3.05, 3.63) is 48.0 Å². The number of unbranched alkanes of at least 4 members (excludes halogenated alkanes) is 1. The number of aromatic nitrogens is 2. The summed E-state index contributed by atoms with van der Waals surface area (Å²) in [4.78, 5) is 209. The number of phenolic OH excluding ortho intramolecular Hbond substituents is 1. The molecule has 0 bridgehead atoms. The van der Waals surface area contributed by atoms with Gasteiger partial charge < -0.3 is 102 Å². The molecular formula is C62H99N17O18. The van der Waals surface area contributed by atoms with Crippen LogP contribution in [0.25, 0.3) is 0 Å². The molecule has 2 aromatic rings. The second-order valence-corrected chi connectivity index (χ2v) is 25.3. The van der Waals surface area contributed by atoms with Crippen LogP contribution in [0.15, 0.2) is 36.8 Å². The average Bonchev–Trinajstić information content (AvgIpc) is 1.28. The van der Waals surface area contributed by atoms with Crippen molar-refractivity contribution in [2.75, 3.05) is 6.54 Å². The van der Waals surface area contributed by atoms with E-state index in [1.807, 2.05) is 13.8 Å². The number of benzene rings is 1. The summed E-state index contributed by atoms with van der Waals surface area (Å²) in [5.41, 5.74) is 28.9. The number of phenols is 1. The zero-order valence-electron chi connectivity index (χ0n) is 56.0. The van der Waals surface area contributed by atoms with Crippen molar-refractivity contribution < 1.29 is 87.2 Å². The molecule has 2 rings (SSSR count). The summed E-state index contributed by atoms with van der Waals surface area (Å²) in [6.45, 7) is 13.6. The number of imidazole rings is 1. The third-order valence-corrected chi connectivity index (χ3v) is 14.8. The monoisotopic (exact) mass is 1370 g/mol. The van der Waals surface area contributed by atoms with E-state index in [4.69, 9.17) is 28.7 Å². The molecule has 0 fully saturated rings. The van der Waals surface area contributed by atoms with Crippen LogP contribution >= 0.6 is 0 Å². The van der Waals surface area contributed by atoms with Crippen LogP contribution < -0.4 is 81.8 Å². The number of hydrogen-bond donors (Lipinski definition) is 19. The van der Waals surface area contributed by atoms with Gasteiger partial charge in [0.15, 0.2) is 0 Å². The highest BCUT2D eigenvalue weighted by Gasteiger charge is 2.38. The minimum absolute atomic E-state index is 0.0198. The SMILES string of the molecule is CC(C)C[C@H](NC(=O)[C@H](CC(N)=O)NC(=O)[C@H](Cc1cnc[nH]1)NC(=O)[C@H](CCC(N)=O)NC(=O)[C@@H](N)CC(C)C)C(=O)N[C@@H](CCCCN)C(=O)N[C@@H](CCC(=O)O)C(=O)N[C@@H](Cc1ccc(O)cc1)C(=O)N[C@@H](CC(N)=O)C(=O)N[C@@H](CC(C)C)C(=O)N[C@H](C(=O)O)C(C)C. The normalized spacial score (nSPS) is 14.7. The van der Waals surface area contributed by atoms with Crippen LogP contribution in [-0.2, 0) is 84.8 Å². The number of primary amides is 3. The Bertz CT molecular complexity index is 3020. The lowest BCUT2D eigenvalue weighted by atomic mass is 9.99. The third-order valence-electron chi connectivity index (χ3n) is 14.8. The number of carboxylic acid groups (broad SMARTS) is 2. The molecule has 1 heterocycles. The van der Waals surface area contributed by atoms with Crippen LogP contribution in [0.2, 0.25) is 0 Å². The van der Waals surface area contributed by atoms with Crippen LogP contribution in [0.3, 0.4) is 0 Å². The fourth-order valence-electron chi connectivity index (χ4n) is 9.82. The molecule has 0 saturated carbocycles. The second-order valence-electron chi connectivity index (χ2n) is 25.3. The van der Waals surface area contributed by atoms with Gasteiger partial charge in [-0.3, -0.25) is 67.1 Å². The Labute approximate surface area is 561 Å². The number of amides is 13. The predicted molar refractivity (Wildman–Crippen MR) is 348 cm³/mol. The first-order valence-electron chi connectivity index (χ1n) is 31.9. The Balaban J connectivity index is 2.60. The first-order chi connectivity index (χ1) is 45.4. The number of carboxylic acids is 2. The standard InChI is InChI=1S/C62H99N17O18/c1-30(2)21-37(64)52(86)70-39(16-18-47(65)81)54(88)76-44(25-35-28-68-29-69-35)58(92)78-46(27-49(67)83)59(93)73-41(22-31(3)4)56(90)71-38(11-9-10-20-63)53(87)72-40(17-19-50(84)85)55(89)75-43(24-34-12-14-36(80)15-13-34)57(91)77-45(26-48(66)82)60(94)74-42(23-32(5)6)61(95)79-51(33(7)8)62(96)97/h12-15,28-33,37-46,51,80H,9-11,16-27,63-64H2,1-8H3,(H2,65,81)(H2,66,82)(H2,67,83)(H,68,69)(H,70,86)(H,71,90)(H,72,87)(H,73,93)(H,74,94)(H,75,89)(H,76,88)(H,77,91)(H,78,92)(H,79,95)(H,84,85)(H,96,97)/t37-,38-,39-,40-,41-,42-,43-,44-,45-,46-,51-/m0/s1. The molecule has 0 aliphatic carbocycles. The third kappa shape index (κ3) is 32.0. The molecule has 0 aliphatic heterocycles. The quantitative estimate of drug-likeness (QED) is 0.0281. The van der Waals surface area contributed by atoms with Crippen LogP contribution in [0.4, 0.5) is 0 Å². The van der Waals surface area contributed by atoms with Gasteiger partial charge in [-0.15, -0.1) is 0 Å². The lowest BCUT2D eigenvalue weighted by Crippen LogP contribution is -2.61. The highest BCUT2D eigenvalue weighted by molar-refractivity contribution is 6.00. The fraction of sp³-hybridized carbons (Fsp3) is 0.613. The van der Waals surface area contributed by atoms with Crippen LogP contribution in [0.5, 0.6) is 5.75 Å². The van der Waals surface area contributed by atoms with E-state index in [1.165, 1.54) is 36.8 Å². The lowest BCUT2D eigenvalue weighted by Gasteiger charge is -2.29. The Morgan fingerprint density at radius 2 is 0.835 bits per heavy atom. The van der Waals surface area contributed by atoms with Gasteiger partial charge in [-0.1, -0.05) is 67.5 Å². The average molecular weight is 1370 g/mol.